The van der Waals surface area contributed by atoms with Crippen LogP contribution >= 0.6 is 0 Å². The molecule has 0 saturated heterocycles. The van der Waals surface area contributed by atoms with E-state index < -0.39 is 0 Å². The lowest BCUT2D eigenvalue weighted by Crippen LogP contribution is -2.06. The number of aryl methyl sites for hydroxylation is 1. The summed E-state index contributed by atoms with van der Waals surface area (Å²) >= 11 is 0. The maximum Gasteiger partial charge on any atom is 0.151 e. The lowest BCUT2D eigenvalue weighted by atomic mass is 10.2. The molecular weight excluding hydrogens is 162 g/mol. The van der Waals surface area contributed by atoms with Gasteiger partial charge in [0, 0.05) is 23.0 Å². The Bertz CT molecular complexity index is 336. The van der Waals surface area contributed by atoms with Gasteiger partial charge in [-0.15, -0.1) is 6.58 Å². The highest BCUT2D eigenvalue weighted by molar-refractivity contribution is 5.77. The van der Waals surface area contributed by atoms with Crippen LogP contribution in [0, 0.1) is 13.8 Å². The highest BCUT2D eigenvalue weighted by Gasteiger charge is 2.10. The molecule has 0 aliphatic rings. The van der Waals surface area contributed by atoms with Crippen LogP contribution < -0.4 is 0 Å². The van der Waals surface area contributed by atoms with Crippen molar-refractivity contribution in [1.29, 1.82) is 0 Å². The summed E-state index contributed by atoms with van der Waals surface area (Å²) < 4.78 is 2.11. The van der Waals surface area contributed by atoms with Crippen molar-refractivity contribution in [2.45, 2.75) is 26.8 Å². The fourth-order valence-corrected chi connectivity index (χ4v) is 1.65. The Morgan fingerprint density at radius 2 is 2.15 bits per heavy atom. The van der Waals surface area contributed by atoms with Gasteiger partial charge in [0.2, 0.25) is 0 Å². The number of allylic oxidation sites excluding steroid dienone is 1. The molecule has 2 heteroatoms. The zero-order valence-electron chi connectivity index (χ0n) is 8.37. The standard InChI is InChI=1S/C11H15NO/c1-5-8(2)12-9(3)6-11(7-13)10(12)4/h5-8H,1H2,2-4H3. The van der Waals surface area contributed by atoms with Gasteiger partial charge in [-0.3, -0.25) is 4.79 Å². The molecule has 2 nitrogen and oxygen atoms in total. The van der Waals surface area contributed by atoms with Crippen LogP contribution in [0.3, 0.4) is 0 Å². The number of carbonyl (C=O) groups excluding carboxylic acids is 1. The average molecular weight is 177 g/mol. The topological polar surface area (TPSA) is 22.0 Å². The van der Waals surface area contributed by atoms with Crippen molar-refractivity contribution in [3.8, 4) is 0 Å². The summed E-state index contributed by atoms with van der Waals surface area (Å²) in [5.41, 5.74) is 2.89. The minimum Gasteiger partial charge on any atom is -0.342 e. The van der Waals surface area contributed by atoms with Gasteiger partial charge in [0.05, 0.1) is 0 Å². The zero-order valence-corrected chi connectivity index (χ0v) is 8.37. The van der Waals surface area contributed by atoms with E-state index in [-0.39, 0.29) is 6.04 Å². The summed E-state index contributed by atoms with van der Waals surface area (Å²) in [6, 6.07) is 2.15. The van der Waals surface area contributed by atoms with Crippen molar-refractivity contribution < 1.29 is 4.79 Å². The summed E-state index contributed by atoms with van der Waals surface area (Å²) in [5.74, 6) is 0. The van der Waals surface area contributed by atoms with E-state index >= 15 is 0 Å². The van der Waals surface area contributed by atoms with Crippen LogP contribution in [0.5, 0.6) is 0 Å². The van der Waals surface area contributed by atoms with Gasteiger partial charge in [0.15, 0.2) is 6.29 Å². The number of hydrogen-bond acceptors (Lipinski definition) is 1. The highest BCUT2D eigenvalue weighted by Crippen LogP contribution is 2.19. The Morgan fingerprint density at radius 3 is 2.54 bits per heavy atom. The van der Waals surface area contributed by atoms with Crippen molar-refractivity contribution in [1.82, 2.24) is 4.57 Å². The van der Waals surface area contributed by atoms with Gasteiger partial charge >= 0.3 is 0 Å². The summed E-state index contributed by atoms with van der Waals surface area (Å²) in [6.45, 7) is 9.76. The molecule has 0 aromatic carbocycles. The predicted molar refractivity (Wildman–Crippen MR) is 54.2 cm³/mol. The lowest BCUT2D eigenvalue weighted by molar-refractivity contribution is 0.112. The summed E-state index contributed by atoms with van der Waals surface area (Å²) in [4.78, 5) is 10.7. The first-order valence-electron chi connectivity index (χ1n) is 4.38. The van der Waals surface area contributed by atoms with E-state index in [1.165, 1.54) is 0 Å². The van der Waals surface area contributed by atoms with Crippen molar-refractivity contribution in [3.05, 3.63) is 35.7 Å². The van der Waals surface area contributed by atoms with Crippen molar-refractivity contribution in [2.24, 2.45) is 0 Å². The fourth-order valence-electron chi connectivity index (χ4n) is 1.65. The first-order valence-corrected chi connectivity index (χ1v) is 4.38. The Labute approximate surface area is 78.9 Å². The Balaban J connectivity index is 3.27. The molecule has 0 aliphatic carbocycles. The quantitative estimate of drug-likeness (QED) is 0.514. The van der Waals surface area contributed by atoms with Crippen molar-refractivity contribution >= 4 is 6.29 Å². The van der Waals surface area contributed by atoms with Gasteiger partial charge < -0.3 is 4.57 Å². The molecule has 1 atom stereocenters. The molecule has 0 amide bonds. The van der Waals surface area contributed by atoms with Gasteiger partial charge in [-0.05, 0) is 26.8 Å². The van der Waals surface area contributed by atoms with Gasteiger partial charge in [0.25, 0.3) is 0 Å². The normalized spacial score (nSPS) is 12.5. The summed E-state index contributed by atoms with van der Waals surface area (Å²) in [6.07, 6.45) is 2.77. The van der Waals surface area contributed by atoms with Crippen LogP contribution in [0.15, 0.2) is 18.7 Å². The smallest absolute Gasteiger partial charge is 0.151 e. The van der Waals surface area contributed by atoms with Crippen LogP contribution in [0.25, 0.3) is 0 Å². The largest absolute Gasteiger partial charge is 0.342 e. The minimum atomic E-state index is 0.244. The number of nitrogens with zero attached hydrogens (tertiary/aromatic N) is 1. The second-order valence-electron chi connectivity index (χ2n) is 3.29. The predicted octanol–water partition coefficient (Wildman–Crippen LogP) is 2.66. The third-order valence-corrected chi connectivity index (χ3v) is 2.40. The molecular formula is C11H15NO. The third kappa shape index (κ3) is 1.57. The summed E-state index contributed by atoms with van der Waals surface area (Å²) in [7, 11) is 0. The van der Waals surface area contributed by atoms with E-state index in [2.05, 4.69) is 18.1 Å². The number of rotatable bonds is 3. The number of aromatic nitrogens is 1. The molecule has 0 N–H and O–H groups in total. The first kappa shape index (κ1) is 9.78. The highest BCUT2D eigenvalue weighted by atomic mass is 16.1. The van der Waals surface area contributed by atoms with Gasteiger partial charge in [-0.2, -0.15) is 0 Å². The van der Waals surface area contributed by atoms with E-state index in [9.17, 15) is 4.79 Å². The molecule has 0 saturated carbocycles. The van der Waals surface area contributed by atoms with Crippen LogP contribution in [-0.4, -0.2) is 10.9 Å². The van der Waals surface area contributed by atoms with E-state index in [1.54, 1.807) is 0 Å². The van der Waals surface area contributed by atoms with E-state index in [0.717, 1.165) is 23.2 Å². The van der Waals surface area contributed by atoms with Gasteiger partial charge in [-0.1, -0.05) is 6.08 Å². The van der Waals surface area contributed by atoms with Crippen LogP contribution in [0.2, 0.25) is 0 Å². The average Bonchev–Trinajstić information content (AvgIpc) is 2.40. The van der Waals surface area contributed by atoms with E-state index in [4.69, 9.17) is 0 Å². The molecule has 0 radical (unpaired) electrons. The monoisotopic (exact) mass is 177 g/mol. The first-order chi connectivity index (χ1) is 6.11. The number of aldehydes is 1. The Morgan fingerprint density at radius 1 is 1.54 bits per heavy atom. The third-order valence-electron chi connectivity index (χ3n) is 2.40. The van der Waals surface area contributed by atoms with Crippen LogP contribution in [0.4, 0.5) is 0 Å². The van der Waals surface area contributed by atoms with Gasteiger partial charge in [-0.25, -0.2) is 0 Å². The van der Waals surface area contributed by atoms with Crippen LogP contribution in [0.1, 0.15) is 34.7 Å². The molecule has 70 valence electrons. The molecule has 1 unspecified atom stereocenters. The molecule has 0 spiro atoms. The Hall–Kier alpha value is -1.31. The molecule has 1 rings (SSSR count). The van der Waals surface area contributed by atoms with Crippen LogP contribution in [-0.2, 0) is 0 Å². The van der Waals surface area contributed by atoms with E-state index in [0.29, 0.717) is 0 Å². The maximum absolute atomic E-state index is 10.7. The second-order valence-corrected chi connectivity index (χ2v) is 3.29. The lowest BCUT2D eigenvalue weighted by Gasteiger charge is -2.14. The maximum atomic E-state index is 10.7. The zero-order chi connectivity index (χ0) is 10.0. The van der Waals surface area contributed by atoms with E-state index in [1.807, 2.05) is 26.0 Å². The number of hydrogen-bond donors (Lipinski definition) is 0. The molecule has 0 fully saturated rings. The summed E-state index contributed by atoms with van der Waals surface area (Å²) in [5, 5.41) is 0. The minimum absolute atomic E-state index is 0.244. The molecule has 1 heterocycles. The van der Waals surface area contributed by atoms with Gasteiger partial charge in [0.1, 0.15) is 0 Å². The Kier molecular flexibility index (Phi) is 2.71. The molecule has 1 aromatic heterocycles. The number of carbonyl (C=O) groups is 1. The SMILES string of the molecule is C=CC(C)n1c(C)cc(C=O)c1C. The molecule has 0 bridgehead atoms. The fraction of sp³-hybridized carbons (Fsp3) is 0.364. The molecule has 1 aromatic rings. The second kappa shape index (κ2) is 3.60. The van der Waals surface area contributed by atoms with Crippen molar-refractivity contribution in [3.63, 3.8) is 0 Å². The van der Waals surface area contributed by atoms with Crippen molar-refractivity contribution in [2.75, 3.05) is 0 Å². The molecule has 0 aliphatic heterocycles. The molecule has 13 heavy (non-hydrogen) atoms.